The van der Waals surface area contributed by atoms with Gasteiger partial charge in [0, 0.05) is 13.1 Å². The first-order valence-corrected chi connectivity index (χ1v) is 6.02. The van der Waals surface area contributed by atoms with Crippen LogP contribution in [0, 0.1) is 11.3 Å². The van der Waals surface area contributed by atoms with E-state index in [2.05, 4.69) is 20.6 Å². The standard InChI is InChI=1S/C13H10N6O2/c1-19-12(8(6-14)7-15-19)16-13(20)10-5-9(17-18-10)11-3-2-4-21-11/h2-5,7H,1H3,(H,16,20)(H,17,18). The van der Waals surface area contributed by atoms with E-state index in [4.69, 9.17) is 9.68 Å². The van der Waals surface area contributed by atoms with E-state index in [0.717, 1.165) is 0 Å². The number of hydrogen-bond acceptors (Lipinski definition) is 5. The Morgan fingerprint density at radius 2 is 2.43 bits per heavy atom. The van der Waals surface area contributed by atoms with Gasteiger partial charge in [-0.15, -0.1) is 0 Å². The van der Waals surface area contributed by atoms with Crippen LogP contribution in [0.1, 0.15) is 16.1 Å². The number of furan rings is 1. The summed E-state index contributed by atoms with van der Waals surface area (Å²) in [4.78, 5) is 12.1. The molecule has 0 unspecified atom stereocenters. The number of rotatable bonds is 3. The summed E-state index contributed by atoms with van der Waals surface area (Å²) in [5.41, 5.74) is 1.06. The van der Waals surface area contributed by atoms with Crippen LogP contribution in [0.25, 0.3) is 11.5 Å². The molecule has 0 saturated heterocycles. The average Bonchev–Trinajstić information content (AvgIpc) is 3.19. The van der Waals surface area contributed by atoms with E-state index in [1.54, 1.807) is 25.2 Å². The van der Waals surface area contributed by atoms with Crippen LogP contribution in [0.4, 0.5) is 5.82 Å². The first-order valence-electron chi connectivity index (χ1n) is 6.02. The zero-order chi connectivity index (χ0) is 14.8. The number of hydrogen-bond donors (Lipinski definition) is 2. The highest BCUT2D eigenvalue weighted by Crippen LogP contribution is 2.19. The van der Waals surface area contributed by atoms with Crippen molar-refractivity contribution in [2.24, 2.45) is 7.05 Å². The molecule has 1 amide bonds. The van der Waals surface area contributed by atoms with Gasteiger partial charge in [0.25, 0.3) is 5.91 Å². The minimum Gasteiger partial charge on any atom is -0.463 e. The minimum absolute atomic E-state index is 0.187. The number of aryl methyl sites for hydroxylation is 1. The van der Waals surface area contributed by atoms with Crippen molar-refractivity contribution in [2.45, 2.75) is 0 Å². The van der Waals surface area contributed by atoms with Crippen molar-refractivity contribution in [3.63, 3.8) is 0 Å². The lowest BCUT2D eigenvalue weighted by Crippen LogP contribution is -2.15. The second-order valence-corrected chi connectivity index (χ2v) is 4.24. The Morgan fingerprint density at radius 1 is 1.57 bits per heavy atom. The zero-order valence-corrected chi connectivity index (χ0v) is 11.0. The Bertz CT molecular complexity index is 821. The van der Waals surface area contributed by atoms with Crippen LogP contribution in [0.2, 0.25) is 0 Å². The first-order chi connectivity index (χ1) is 10.2. The van der Waals surface area contributed by atoms with Crippen LogP contribution in [0.15, 0.2) is 35.1 Å². The second-order valence-electron chi connectivity index (χ2n) is 4.24. The van der Waals surface area contributed by atoms with E-state index in [9.17, 15) is 4.79 Å². The third-order valence-corrected chi connectivity index (χ3v) is 2.89. The summed E-state index contributed by atoms with van der Waals surface area (Å²) in [5.74, 6) is 0.467. The Balaban J connectivity index is 1.83. The minimum atomic E-state index is -0.441. The van der Waals surface area contributed by atoms with E-state index >= 15 is 0 Å². The van der Waals surface area contributed by atoms with Gasteiger partial charge in [-0.1, -0.05) is 0 Å². The maximum absolute atomic E-state index is 12.1. The maximum atomic E-state index is 12.1. The van der Waals surface area contributed by atoms with Crippen LogP contribution in [0.5, 0.6) is 0 Å². The third kappa shape index (κ3) is 2.28. The summed E-state index contributed by atoms with van der Waals surface area (Å²) >= 11 is 0. The molecular formula is C13H10N6O2. The molecule has 0 saturated carbocycles. The molecule has 104 valence electrons. The van der Waals surface area contributed by atoms with Crippen LogP contribution in [-0.4, -0.2) is 25.9 Å². The molecule has 3 heterocycles. The Labute approximate surface area is 119 Å². The Hall–Kier alpha value is -3.34. The molecule has 0 aliphatic rings. The van der Waals surface area contributed by atoms with Gasteiger partial charge in [0.05, 0.1) is 12.5 Å². The molecule has 8 heteroatoms. The maximum Gasteiger partial charge on any atom is 0.277 e. The van der Waals surface area contributed by atoms with E-state index in [1.807, 2.05) is 6.07 Å². The fourth-order valence-electron chi connectivity index (χ4n) is 1.84. The molecule has 3 aromatic heterocycles. The number of H-pyrrole nitrogens is 1. The molecule has 0 aliphatic heterocycles. The molecule has 0 atom stereocenters. The Morgan fingerprint density at radius 3 is 3.14 bits per heavy atom. The zero-order valence-electron chi connectivity index (χ0n) is 11.0. The molecule has 0 bridgehead atoms. The van der Waals surface area contributed by atoms with Crippen molar-refractivity contribution in [3.8, 4) is 17.5 Å². The average molecular weight is 282 g/mol. The fourth-order valence-corrected chi connectivity index (χ4v) is 1.84. The number of amides is 1. The molecule has 3 rings (SSSR count). The van der Waals surface area contributed by atoms with E-state index in [-0.39, 0.29) is 11.3 Å². The molecule has 3 aromatic rings. The molecule has 0 radical (unpaired) electrons. The number of nitrogens with zero attached hydrogens (tertiary/aromatic N) is 4. The van der Waals surface area contributed by atoms with Crippen molar-refractivity contribution >= 4 is 11.7 Å². The lowest BCUT2D eigenvalue weighted by molar-refractivity contribution is 0.102. The van der Waals surface area contributed by atoms with Gasteiger partial charge in [-0.25, -0.2) is 0 Å². The number of anilines is 1. The molecule has 0 aliphatic carbocycles. The predicted molar refractivity (Wildman–Crippen MR) is 72.2 cm³/mol. The van der Waals surface area contributed by atoms with Gasteiger partial charge >= 0.3 is 0 Å². The molecular weight excluding hydrogens is 272 g/mol. The van der Waals surface area contributed by atoms with Crippen molar-refractivity contribution in [1.29, 1.82) is 5.26 Å². The number of aromatic nitrogens is 4. The molecule has 21 heavy (non-hydrogen) atoms. The van der Waals surface area contributed by atoms with Gasteiger partial charge in [0.2, 0.25) is 0 Å². The topological polar surface area (TPSA) is 113 Å². The smallest absolute Gasteiger partial charge is 0.277 e. The van der Waals surface area contributed by atoms with Crippen molar-refractivity contribution in [3.05, 3.63) is 41.9 Å². The van der Waals surface area contributed by atoms with E-state index < -0.39 is 5.91 Å². The summed E-state index contributed by atoms with van der Waals surface area (Å²) in [6, 6.07) is 7.02. The van der Waals surface area contributed by atoms with Gasteiger partial charge in [-0.2, -0.15) is 15.5 Å². The molecule has 0 spiro atoms. The van der Waals surface area contributed by atoms with Gasteiger partial charge in [-0.3, -0.25) is 14.6 Å². The van der Waals surface area contributed by atoms with Crippen molar-refractivity contribution < 1.29 is 9.21 Å². The van der Waals surface area contributed by atoms with Crippen molar-refractivity contribution in [1.82, 2.24) is 20.0 Å². The quantitative estimate of drug-likeness (QED) is 0.756. The van der Waals surface area contributed by atoms with Crippen molar-refractivity contribution in [2.75, 3.05) is 5.32 Å². The number of carbonyl (C=O) groups excluding carboxylic acids is 1. The largest absolute Gasteiger partial charge is 0.463 e. The number of carbonyl (C=O) groups is 1. The third-order valence-electron chi connectivity index (χ3n) is 2.89. The lowest BCUT2D eigenvalue weighted by atomic mass is 10.3. The van der Waals surface area contributed by atoms with Gasteiger partial charge in [-0.05, 0) is 12.1 Å². The number of nitriles is 1. The lowest BCUT2D eigenvalue weighted by Gasteiger charge is -2.03. The highest BCUT2D eigenvalue weighted by molar-refractivity contribution is 6.03. The van der Waals surface area contributed by atoms with E-state index in [0.29, 0.717) is 17.3 Å². The second kappa shape index (κ2) is 4.97. The highest BCUT2D eigenvalue weighted by atomic mass is 16.3. The SMILES string of the molecule is Cn1ncc(C#N)c1NC(=O)c1cc(-c2ccco2)[nH]n1. The van der Waals surface area contributed by atoms with Gasteiger partial charge in [0.15, 0.2) is 11.5 Å². The number of aromatic amines is 1. The summed E-state index contributed by atoms with van der Waals surface area (Å²) < 4.78 is 6.63. The van der Waals surface area contributed by atoms with E-state index in [1.165, 1.54) is 17.1 Å². The number of nitrogens with one attached hydrogen (secondary N) is 2. The van der Waals surface area contributed by atoms with Crippen LogP contribution in [-0.2, 0) is 7.05 Å². The predicted octanol–water partition coefficient (Wildman–Crippen LogP) is 1.53. The Kier molecular flexibility index (Phi) is 3.00. The summed E-state index contributed by atoms with van der Waals surface area (Å²) in [6.07, 6.45) is 2.92. The summed E-state index contributed by atoms with van der Waals surface area (Å²) in [7, 11) is 1.63. The highest BCUT2D eigenvalue weighted by Gasteiger charge is 2.16. The van der Waals surface area contributed by atoms with Crippen LogP contribution >= 0.6 is 0 Å². The molecule has 2 N–H and O–H groups in total. The molecule has 0 fully saturated rings. The molecule has 8 nitrogen and oxygen atoms in total. The normalized spacial score (nSPS) is 10.3. The first kappa shape index (κ1) is 12.7. The monoisotopic (exact) mass is 282 g/mol. The summed E-state index contributed by atoms with van der Waals surface area (Å²) in [5, 5.41) is 22.1. The fraction of sp³-hybridized carbons (Fsp3) is 0.0769. The van der Waals surface area contributed by atoms with Crippen LogP contribution < -0.4 is 5.32 Å². The van der Waals surface area contributed by atoms with Gasteiger partial charge in [0.1, 0.15) is 23.1 Å². The molecule has 0 aromatic carbocycles. The van der Waals surface area contributed by atoms with Gasteiger partial charge < -0.3 is 9.73 Å². The van der Waals surface area contributed by atoms with Crippen LogP contribution in [0.3, 0.4) is 0 Å². The summed E-state index contributed by atoms with van der Waals surface area (Å²) in [6.45, 7) is 0.